The monoisotopic (exact) mass is 283 g/mol. The molecule has 108 valence electrons. The Balaban J connectivity index is 2.13. The lowest BCUT2D eigenvalue weighted by Gasteiger charge is -2.07. The van der Waals surface area contributed by atoms with Crippen molar-refractivity contribution in [3.05, 3.63) is 41.5 Å². The minimum absolute atomic E-state index is 0.200. The Morgan fingerprint density at radius 3 is 2.62 bits per heavy atom. The smallest absolute Gasteiger partial charge is 0.146 e. The molecular weight excluding hydrogens is 266 g/mol. The Morgan fingerprint density at radius 1 is 1.10 bits per heavy atom. The average Bonchev–Trinajstić information content (AvgIpc) is 2.86. The fraction of sp³-hybridized carbons (Fsp3) is 0.250. The fourth-order valence-corrected chi connectivity index (χ4v) is 2.35. The molecule has 21 heavy (non-hydrogen) atoms. The number of phenolic OH excluding ortho intramolecular Hbond substituents is 1. The van der Waals surface area contributed by atoms with E-state index in [1.165, 1.54) is 4.80 Å². The Kier molecular flexibility index (Phi) is 3.25. The van der Waals surface area contributed by atoms with Gasteiger partial charge in [-0.25, -0.2) is 0 Å². The molecule has 0 bridgehead atoms. The Morgan fingerprint density at radius 2 is 1.86 bits per heavy atom. The Hall–Kier alpha value is -2.56. The molecule has 0 aliphatic carbocycles. The topological polar surface area (TPSA) is 60.2 Å². The third-order valence-corrected chi connectivity index (χ3v) is 3.30. The van der Waals surface area contributed by atoms with Crippen molar-refractivity contribution in [3.63, 3.8) is 0 Å². The van der Waals surface area contributed by atoms with Crippen molar-refractivity contribution in [2.75, 3.05) is 6.61 Å². The van der Waals surface area contributed by atoms with Crippen molar-refractivity contribution in [1.82, 2.24) is 15.0 Å². The molecular formula is C16H17N3O2. The van der Waals surface area contributed by atoms with E-state index < -0.39 is 0 Å². The van der Waals surface area contributed by atoms with E-state index in [0.29, 0.717) is 12.3 Å². The number of fused-ring (bicyclic) bond motifs is 1. The van der Waals surface area contributed by atoms with Gasteiger partial charge in [0.25, 0.3) is 0 Å². The first-order chi connectivity index (χ1) is 10.1. The molecule has 5 nitrogen and oxygen atoms in total. The van der Waals surface area contributed by atoms with Crippen LogP contribution in [0.15, 0.2) is 30.3 Å². The van der Waals surface area contributed by atoms with Crippen molar-refractivity contribution < 1.29 is 9.84 Å². The van der Waals surface area contributed by atoms with Gasteiger partial charge in [-0.15, -0.1) is 15.0 Å². The molecule has 0 radical (unpaired) electrons. The summed E-state index contributed by atoms with van der Waals surface area (Å²) in [4.78, 5) is 1.47. The number of rotatable bonds is 3. The molecule has 3 rings (SSSR count). The Labute approximate surface area is 122 Å². The minimum Gasteiger partial charge on any atom is -0.505 e. The van der Waals surface area contributed by atoms with E-state index in [0.717, 1.165) is 27.9 Å². The highest BCUT2D eigenvalue weighted by Crippen LogP contribution is 2.27. The SMILES string of the molecule is CCOc1ccc2nn(-c3cc(C)cc(C)c3O)nc2c1. The zero-order valence-electron chi connectivity index (χ0n) is 12.3. The van der Waals surface area contributed by atoms with Crippen molar-refractivity contribution in [2.45, 2.75) is 20.8 Å². The third kappa shape index (κ3) is 2.42. The summed E-state index contributed by atoms with van der Waals surface area (Å²) >= 11 is 0. The summed E-state index contributed by atoms with van der Waals surface area (Å²) in [5.41, 5.74) is 3.94. The van der Waals surface area contributed by atoms with Crippen molar-refractivity contribution in [1.29, 1.82) is 0 Å². The lowest BCUT2D eigenvalue weighted by molar-refractivity contribution is 0.340. The molecule has 1 heterocycles. The second-order valence-corrected chi connectivity index (χ2v) is 5.02. The standard InChI is InChI=1S/C16H17N3O2/c1-4-21-12-5-6-13-14(9-12)18-19(17-13)15-8-10(2)7-11(3)16(15)20/h5-9,20H,4H2,1-3H3. The van der Waals surface area contributed by atoms with Crippen LogP contribution in [0, 0.1) is 13.8 Å². The second-order valence-electron chi connectivity index (χ2n) is 5.02. The molecule has 0 spiro atoms. The van der Waals surface area contributed by atoms with Crippen LogP contribution in [-0.2, 0) is 0 Å². The predicted octanol–water partition coefficient (Wildman–Crippen LogP) is 3.14. The Bertz CT molecular complexity index is 809. The highest BCUT2D eigenvalue weighted by Gasteiger charge is 2.12. The highest BCUT2D eigenvalue weighted by atomic mass is 16.5. The molecule has 1 N–H and O–H groups in total. The van der Waals surface area contributed by atoms with Crippen LogP contribution in [0.1, 0.15) is 18.1 Å². The number of phenols is 1. The van der Waals surface area contributed by atoms with Gasteiger partial charge in [0.2, 0.25) is 0 Å². The first-order valence-corrected chi connectivity index (χ1v) is 6.89. The van der Waals surface area contributed by atoms with Gasteiger partial charge in [0.15, 0.2) is 0 Å². The highest BCUT2D eigenvalue weighted by molar-refractivity contribution is 5.76. The maximum atomic E-state index is 10.2. The summed E-state index contributed by atoms with van der Waals surface area (Å²) < 4.78 is 5.46. The van der Waals surface area contributed by atoms with E-state index in [9.17, 15) is 5.11 Å². The van der Waals surface area contributed by atoms with Gasteiger partial charge < -0.3 is 9.84 Å². The van der Waals surface area contributed by atoms with Gasteiger partial charge in [-0.1, -0.05) is 6.07 Å². The molecule has 1 aromatic heterocycles. The van der Waals surface area contributed by atoms with E-state index in [-0.39, 0.29) is 5.75 Å². The maximum absolute atomic E-state index is 10.2. The normalized spacial score (nSPS) is 11.0. The predicted molar refractivity (Wildman–Crippen MR) is 81.2 cm³/mol. The van der Waals surface area contributed by atoms with Crippen LogP contribution >= 0.6 is 0 Å². The van der Waals surface area contributed by atoms with E-state index in [1.807, 2.05) is 51.1 Å². The zero-order chi connectivity index (χ0) is 15.0. The summed E-state index contributed by atoms with van der Waals surface area (Å²) in [6.07, 6.45) is 0. The van der Waals surface area contributed by atoms with Crippen LogP contribution < -0.4 is 4.74 Å². The van der Waals surface area contributed by atoms with Crippen molar-refractivity contribution >= 4 is 11.0 Å². The minimum atomic E-state index is 0.200. The summed E-state index contributed by atoms with van der Waals surface area (Å²) in [6.45, 7) is 6.39. The fourth-order valence-electron chi connectivity index (χ4n) is 2.35. The van der Waals surface area contributed by atoms with Crippen LogP contribution in [0.5, 0.6) is 11.5 Å². The van der Waals surface area contributed by atoms with E-state index in [4.69, 9.17) is 4.74 Å². The summed E-state index contributed by atoms with van der Waals surface area (Å²) in [7, 11) is 0. The van der Waals surface area contributed by atoms with Crippen molar-refractivity contribution in [3.8, 4) is 17.2 Å². The summed E-state index contributed by atoms with van der Waals surface area (Å²) in [5, 5.41) is 19.1. The van der Waals surface area contributed by atoms with Crippen molar-refractivity contribution in [2.24, 2.45) is 0 Å². The van der Waals surface area contributed by atoms with Gasteiger partial charge in [0.1, 0.15) is 28.2 Å². The van der Waals surface area contributed by atoms with Gasteiger partial charge in [-0.3, -0.25) is 0 Å². The van der Waals surface area contributed by atoms with Crippen LogP contribution in [0.4, 0.5) is 0 Å². The molecule has 0 saturated heterocycles. The molecule has 2 aromatic carbocycles. The van der Waals surface area contributed by atoms with Gasteiger partial charge >= 0.3 is 0 Å². The maximum Gasteiger partial charge on any atom is 0.146 e. The molecule has 0 fully saturated rings. The zero-order valence-corrected chi connectivity index (χ0v) is 12.3. The average molecular weight is 283 g/mol. The number of aryl methyl sites for hydroxylation is 2. The van der Waals surface area contributed by atoms with Crippen LogP contribution in [0.2, 0.25) is 0 Å². The first-order valence-electron chi connectivity index (χ1n) is 6.89. The largest absolute Gasteiger partial charge is 0.505 e. The van der Waals surface area contributed by atoms with E-state index in [1.54, 1.807) is 0 Å². The number of ether oxygens (including phenoxy) is 1. The number of nitrogens with zero attached hydrogens (tertiary/aromatic N) is 3. The van der Waals surface area contributed by atoms with E-state index >= 15 is 0 Å². The first kappa shape index (κ1) is 13.4. The van der Waals surface area contributed by atoms with Gasteiger partial charge in [0, 0.05) is 6.07 Å². The summed E-state index contributed by atoms with van der Waals surface area (Å²) in [5.74, 6) is 0.965. The lowest BCUT2D eigenvalue weighted by Crippen LogP contribution is -2.00. The number of hydrogen-bond acceptors (Lipinski definition) is 4. The molecule has 0 saturated carbocycles. The molecule has 5 heteroatoms. The van der Waals surface area contributed by atoms with Gasteiger partial charge in [-0.05, 0) is 50.1 Å². The molecule has 0 aliphatic rings. The van der Waals surface area contributed by atoms with Crippen LogP contribution in [-0.4, -0.2) is 26.7 Å². The molecule has 0 atom stereocenters. The van der Waals surface area contributed by atoms with Crippen LogP contribution in [0.3, 0.4) is 0 Å². The molecule has 0 unspecified atom stereocenters. The van der Waals surface area contributed by atoms with Gasteiger partial charge in [-0.2, -0.15) is 0 Å². The second kappa shape index (κ2) is 5.09. The molecule has 3 aromatic rings. The lowest BCUT2D eigenvalue weighted by atomic mass is 10.1. The molecule has 0 amide bonds. The van der Waals surface area contributed by atoms with Gasteiger partial charge in [0.05, 0.1) is 6.61 Å². The van der Waals surface area contributed by atoms with E-state index in [2.05, 4.69) is 10.2 Å². The third-order valence-electron chi connectivity index (χ3n) is 3.30. The number of benzene rings is 2. The number of aromatic hydroxyl groups is 1. The summed E-state index contributed by atoms with van der Waals surface area (Å²) in [6, 6.07) is 9.37. The quantitative estimate of drug-likeness (QED) is 0.802. The van der Waals surface area contributed by atoms with Crippen LogP contribution in [0.25, 0.3) is 16.7 Å². The number of hydrogen-bond donors (Lipinski definition) is 1. The number of aromatic nitrogens is 3. The molecule has 0 aliphatic heterocycles.